The summed E-state index contributed by atoms with van der Waals surface area (Å²) in [5.74, 6) is -1.61. The van der Waals surface area contributed by atoms with Crippen molar-refractivity contribution in [3.05, 3.63) is 88.9 Å². The van der Waals surface area contributed by atoms with E-state index < -0.39 is 11.9 Å². The summed E-state index contributed by atoms with van der Waals surface area (Å²) < 4.78 is 7.28. The topological polar surface area (TPSA) is 99.7 Å². The third-order valence-corrected chi connectivity index (χ3v) is 4.46. The van der Waals surface area contributed by atoms with E-state index in [4.69, 9.17) is 16.0 Å². The van der Waals surface area contributed by atoms with Crippen molar-refractivity contribution >= 4 is 40.7 Å². The molecule has 0 bridgehead atoms. The van der Waals surface area contributed by atoms with E-state index in [1.807, 2.05) is 0 Å². The zero-order valence-electron chi connectivity index (χ0n) is 14.8. The Hall–Kier alpha value is -3.84. The van der Waals surface area contributed by atoms with Crippen molar-refractivity contribution in [3.8, 4) is 5.69 Å². The number of rotatable bonds is 5. The van der Waals surface area contributed by atoms with E-state index in [2.05, 4.69) is 10.5 Å². The molecule has 0 atom stereocenters. The number of carboxylic acids is 1. The first-order valence-corrected chi connectivity index (χ1v) is 8.91. The van der Waals surface area contributed by atoms with Crippen LogP contribution in [0.15, 0.2) is 76.4 Å². The molecule has 2 heterocycles. The molecular weight excluding hydrogens is 394 g/mol. The number of hydrogen-bond donors (Lipinski definition) is 1. The Morgan fingerprint density at radius 1 is 1.10 bits per heavy atom. The number of nitrogens with zero attached hydrogens (tertiary/aromatic N) is 2. The molecular formula is C21H13ClN3O4-. The Labute approximate surface area is 169 Å². The van der Waals surface area contributed by atoms with Crippen molar-refractivity contribution in [2.24, 2.45) is 5.10 Å². The van der Waals surface area contributed by atoms with Crippen molar-refractivity contribution in [3.63, 3.8) is 0 Å². The Morgan fingerprint density at radius 2 is 1.90 bits per heavy atom. The van der Waals surface area contributed by atoms with Gasteiger partial charge in [0.1, 0.15) is 5.58 Å². The predicted octanol–water partition coefficient (Wildman–Crippen LogP) is 3.00. The summed E-state index contributed by atoms with van der Waals surface area (Å²) in [6.45, 7) is 0. The van der Waals surface area contributed by atoms with Gasteiger partial charge in [0.05, 0.1) is 17.9 Å². The standard InChI is InChI=1S/C21H14ClN3O4/c22-15-5-8-18-14(10-15)11-19(29-18)20(26)24-23-12-17-2-1-9-25(17)16-6-3-13(4-7-16)21(27)28/h1-12H,(H,24,26)(H,27,28)/p-1/b23-12-. The Kier molecular flexibility index (Phi) is 4.88. The van der Waals surface area contributed by atoms with Crippen molar-refractivity contribution < 1.29 is 19.1 Å². The molecule has 0 unspecified atom stereocenters. The minimum Gasteiger partial charge on any atom is -0.545 e. The van der Waals surface area contributed by atoms with Gasteiger partial charge < -0.3 is 18.9 Å². The average molecular weight is 407 g/mol. The average Bonchev–Trinajstić information content (AvgIpc) is 3.34. The van der Waals surface area contributed by atoms with Gasteiger partial charge in [-0.05, 0) is 54.1 Å². The summed E-state index contributed by atoms with van der Waals surface area (Å²) in [6.07, 6.45) is 3.27. The second-order valence-electron chi connectivity index (χ2n) is 6.13. The number of carboxylic acid groups (broad SMARTS) is 1. The number of carbonyl (C=O) groups is 2. The van der Waals surface area contributed by atoms with Crippen LogP contribution in [0.3, 0.4) is 0 Å². The van der Waals surface area contributed by atoms with E-state index in [1.165, 1.54) is 18.3 Å². The summed E-state index contributed by atoms with van der Waals surface area (Å²) in [5.41, 5.74) is 4.49. The van der Waals surface area contributed by atoms with Gasteiger partial charge in [-0.1, -0.05) is 23.7 Å². The first-order valence-electron chi connectivity index (χ1n) is 8.53. The van der Waals surface area contributed by atoms with E-state index in [9.17, 15) is 14.7 Å². The number of furan rings is 1. The van der Waals surface area contributed by atoms with Crippen LogP contribution < -0.4 is 10.5 Å². The molecule has 0 spiro atoms. The van der Waals surface area contributed by atoms with E-state index in [0.29, 0.717) is 16.3 Å². The monoisotopic (exact) mass is 406 g/mol. The van der Waals surface area contributed by atoms with Gasteiger partial charge in [0.2, 0.25) is 0 Å². The number of aromatic carboxylic acids is 1. The number of aromatic nitrogens is 1. The molecule has 0 radical (unpaired) electrons. The lowest BCUT2D eigenvalue weighted by molar-refractivity contribution is -0.255. The lowest BCUT2D eigenvalue weighted by Crippen LogP contribution is -2.22. The second-order valence-corrected chi connectivity index (χ2v) is 6.57. The van der Waals surface area contributed by atoms with Crippen molar-refractivity contribution in [1.82, 2.24) is 9.99 Å². The Balaban J connectivity index is 1.49. The van der Waals surface area contributed by atoms with Crippen LogP contribution in [-0.2, 0) is 0 Å². The van der Waals surface area contributed by atoms with Gasteiger partial charge >= 0.3 is 5.91 Å². The molecule has 1 amide bonds. The fourth-order valence-electron chi connectivity index (χ4n) is 2.83. The number of hydrogen-bond acceptors (Lipinski definition) is 5. The summed E-state index contributed by atoms with van der Waals surface area (Å²) in [7, 11) is 0. The van der Waals surface area contributed by atoms with Gasteiger partial charge in [-0.2, -0.15) is 5.10 Å². The van der Waals surface area contributed by atoms with Crippen LogP contribution in [0.25, 0.3) is 16.7 Å². The highest BCUT2D eigenvalue weighted by atomic mass is 35.5. The molecule has 0 fully saturated rings. The highest BCUT2D eigenvalue weighted by Gasteiger charge is 2.12. The first-order chi connectivity index (χ1) is 14.0. The number of benzene rings is 2. The lowest BCUT2D eigenvalue weighted by Gasteiger charge is -2.08. The number of carbonyl (C=O) groups excluding carboxylic acids is 2. The molecule has 0 saturated carbocycles. The highest BCUT2D eigenvalue weighted by Crippen LogP contribution is 2.23. The maximum Gasteiger partial charge on any atom is 0.307 e. The number of amides is 1. The minimum absolute atomic E-state index is 0.0931. The summed E-state index contributed by atoms with van der Waals surface area (Å²) in [5, 5.41) is 16.1. The summed E-state index contributed by atoms with van der Waals surface area (Å²) in [6, 6.07) is 16.5. The second kappa shape index (κ2) is 7.65. The van der Waals surface area contributed by atoms with Gasteiger partial charge in [0, 0.05) is 22.3 Å². The number of fused-ring (bicyclic) bond motifs is 1. The van der Waals surface area contributed by atoms with Crippen molar-refractivity contribution in [1.29, 1.82) is 0 Å². The molecule has 7 nitrogen and oxygen atoms in total. The fourth-order valence-corrected chi connectivity index (χ4v) is 3.01. The van der Waals surface area contributed by atoms with E-state index >= 15 is 0 Å². The van der Waals surface area contributed by atoms with Gasteiger partial charge in [-0.15, -0.1) is 0 Å². The highest BCUT2D eigenvalue weighted by molar-refractivity contribution is 6.31. The van der Waals surface area contributed by atoms with Gasteiger partial charge in [0.15, 0.2) is 5.76 Å². The number of nitrogens with one attached hydrogen (secondary N) is 1. The van der Waals surface area contributed by atoms with E-state index in [-0.39, 0.29) is 11.3 Å². The van der Waals surface area contributed by atoms with E-state index in [1.54, 1.807) is 59.3 Å². The quantitative estimate of drug-likeness (QED) is 0.406. The maximum atomic E-state index is 12.3. The number of hydrazone groups is 1. The van der Waals surface area contributed by atoms with E-state index in [0.717, 1.165) is 11.1 Å². The molecule has 0 aliphatic carbocycles. The Morgan fingerprint density at radius 3 is 2.66 bits per heavy atom. The lowest BCUT2D eigenvalue weighted by atomic mass is 10.2. The first kappa shape index (κ1) is 18.5. The summed E-state index contributed by atoms with van der Waals surface area (Å²) >= 11 is 5.94. The minimum atomic E-state index is -1.23. The molecule has 29 heavy (non-hydrogen) atoms. The van der Waals surface area contributed by atoms with Gasteiger partial charge in [-0.25, -0.2) is 5.43 Å². The van der Waals surface area contributed by atoms with Crippen LogP contribution in [0.5, 0.6) is 0 Å². The molecule has 0 aliphatic heterocycles. The van der Waals surface area contributed by atoms with Crippen molar-refractivity contribution in [2.45, 2.75) is 0 Å². The predicted molar refractivity (Wildman–Crippen MR) is 106 cm³/mol. The molecule has 2 aromatic carbocycles. The molecule has 0 aliphatic rings. The molecule has 1 N–H and O–H groups in total. The normalized spacial score (nSPS) is 11.2. The van der Waals surface area contributed by atoms with Crippen LogP contribution in [0.1, 0.15) is 26.6 Å². The van der Waals surface area contributed by atoms with Crippen LogP contribution in [0.4, 0.5) is 0 Å². The number of halogens is 1. The molecule has 4 rings (SSSR count). The van der Waals surface area contributed by atoms with Crippen LogP contribution in [0, 0.1) is 0 Å². The molecule has 8 heteroatoms. The van der Waals surface area contributed by atoms with Gasteiger partial charge in [0.25, 0.3) is 0 Å². The molecule has 144 valence electrons. The Bertz CT molecular complexity index is 1240. The molecule has 0 saturated heterocycles. The largest absolute Gasteiger partial charge is 0.545 e. The summed E-state index contributed by atoms with van der Waals surface area (Å²) in [4.78, 5) is 23.1. The van der Waals surface area contributed by atoms with Gasteiger partial charge in [-0.3, -0.25) is 4.79 Å². The smallest absolute Gasteiger partial charge is 0.307 e. The maximum absolute atomic E-state index is 12.3. The molecule has 2 aromatic heterocycles. The zero-order chi connectivity index (χ0) is 20.4. The molecule has 4 aromatic rings. The third-order valence-electron chi connectivity index (χ3n) is 4.23. The SMILES string of the molecule is O=C([O-])c1ccc(-n2cccc2/C=N\NC(=O)c2cc3cc(Cl)ccc3o2)cc1. The zero-order valence-corrected chi connectivity index (χ0v) is 15.6. The van der Waals surface area contributed by atoms with Crippen LogP contribution >= 0.6 is 11.6 Å². The fraction of sp³-hybridized carbons (Fsp3) is 0. The third kappa shape index (κ3) is 3.90. The van der Waals surface area contributed by atoms with Crippen LogP contribution in [0.2, 0.25) is 5.02 Å². The van der Waals surface area contributed by atoms with Crippen molar-refractivity contribution in [2.75, 3.05) is 0 Å². The van der Waals surface area contributed by atoms with Crippen LogP contribution in [-0.4, -0.2) is 22.7 Å².